The molecule has 7 heteroatoms. The second-order valence-electron chi connectivity index (χ2n) is 6.86. The highest BCUT2D eigenvalue weighted by Crippen LogP contribution is 2.11. The molecule has 1 aliphatic rings. The van der Waals surface area contributed by atoms with E-state index < -0.39 is 0 Å². The number of guanidine groups is 1. The van der Waals surface area contributed by atoms with E-state index in [0.29, 0.717) is 12.3 Å². The van der Waals surface area contributed by atoms with Crippen molar-refractivity contribution in [1.82, 2.24) is 25.3 Å². The van der Waals surface area contributed by atoms with Crippen molar-refractivity contribution in [3.05, 3.63) is 18.0 Å². The molecule has 1 fully saturated rings. The summed E-state index contributed by atoms with van der Waals surface area (Å²) in [6.45, 7) is 6.27. The smallest absolute Gasteiger partial charge is 0.222 e. The van der Waals surface area contributed by atoms with Gasteiger partial charge in [0.2, 0.25) is 5.91 Å². The number of aryl methyl sites for hydroxylation is 2. The normalized spacial score (nSPS) is 15.8. The number of hydrogen-bond acceptors (Lipinski definition) is 3. The number of carbonyl (C=O) groups is 1. The number of aliphatic imine (C=N–C) groups is 1. The molecule has 0 saturated carbocycles. The molecule has 2 N–H and O–H groups in total. The zero-order valence-corrected chi connectivity index (χ0v) is 16.3. The molecule has 1 aliphatic heterocycles. The molecule has 1 saturated heterocycles. The minimum absolute atomic E-state index is 0.312. The van der Waals surface area contributed by atoms with Crippen LogP contribution >= 0.6 is 0 Å². The Balaban J connectivity index is 1.65. The largest absolute Gasteiger partial charge is 0.357 e. The van der Waals surface area contributed by atoms with Crippen LogP contribution in [0.1, 0.15) is 51.0 Å². The molecule has 0 radical (unpaired) electrons. The Labute approximate surface area is 157 Å². The first-order valence-corrected chi connectivity index (χ1v) is 9.96. The van der Waals surface area contributed by atoms with Gasteiger partial charge in [0, 0.05) is 52.4 Å². The molecule has 0 aliphatic carbocycles. The lowest BCUT2D eigenvalue weighted by molar-refractivity contribution is -0.130. The first-order valence-electron chi connectivity index (χ1n) is 9.96. The third-order valence-electron chi connectivity index (χ3n) is 4.56. The van der Waals surface area contributed by atoms with E-state index >= 15 is 0 Å². The van der Waals surface area contributed by atoms with Crippen LogP contribution < -0.4 is 10.6 Å². The Kier molecular flexibility index (Phi) is 9.00. The van der Waals surface area contributed by atoms with Crippen LogP contribution in [0.4, 0.5) is 0 Å². The van der Waals surface area contributed by atoms with Gasteiger partial charge in [-0.15, -0.1) is 0 Å². The van der Waals surface area contributed by atoms with Crippen molar-refractivity contribution >= 4 is 11.9 Å². The van der Waals surface area contributed by atoms with Crippen molar-refractivity contribution in [2.45, 2.75) is 51.9 Å². The van der Waals surface area contributed by atoms with Crippen LogP contribution in [0.15, 0.2) is 17.4 Å². The van der Waals surface area contributed by atoms with E-state index in [9.17, 15) is 4.79 Å². The second kappa shape index (κ2) is 11.5. The highest BCUT2D eigenvalue weighted by Gasteiger charge is 2.15. The molecule has 26 heavy (non-hydrogen) atoms. The fourth-order valence-corrected chi connectivity index (χ4v) is 3.17. The van der Waals surface area contributed by atoms with Crippen molar-refractivity contribution in [1.29, 1.82) is 0 Å². The van der Waals surface area contributed by atoms with Gasteiger partial charge in [-0.25, -0.2) is 0 Å². The number of hydrogen-bond donors (Lipinski definition) is 2. The monoisotopic (exact) mass is 362 g/mol. The fraction of sp³-hybridized carbons (Fsp3) is 0.737. The van der Waals surface area contributed by atoms with E-state index in [1.54, 1.807) is 0 Å². The summed E-state index contributed by atoms with van der Waals surface area (Å²) in [4.78, 5) is 18.6. The summed E-state index contributed by atoms with van der Waals surface area (Å²) >= 11 is 0. The standard InChI is InChI=1S/C19H34N6O/c1-3-20-19(21-11-7-9-17-15-23-24(2)16-17)22-12-8-14-25-13-6-4-5-10-18(25)26/h15-16H,3-14H2,1-2H3,(H2,20,21,22). The fourth-order valence-electron chi connectivity index (χ4n) is 3.17. The number of amides is 1. The van der Waals surface area contributed by atoms with Crippen LogP contribution in [-0.2, 0) is 18.3 Å². The minimum atomic E-state index is 0.312. The molecule has 0 unspecified atom stereocenters. The molecule has 2 heterocycles. The molecule has 146 valence electrons. The third kappa shape index (κ3) is 7.45. The van der Waals surface area contributed by atoms with Gasteiger partial charge in [0.15, 0.2) is 5.96 Å². The van der Waals surface area contributed by atoms with Crippen LogP contribution in [-0.4, -0.2) is 59.3 Å². The first-order chi connectivity index (χ1) is 12.7. The topological polar surface area (TPSA) is 74.6 Å². The molecule has 2 rings (SSSR count). The number of likely N-dealkylation sites (tertiary alicyclic amines) is 1. The quantitative estimate of drug-likeness (QED) is 0.398. The summed E-state index contributed by atoms with van der Waals surface area (Å²) in [6, 6.07) is 0. The molecule has 1 aromatic heterocycles. The van der Waals surface area contributed by atoms with Gasteiger partial charge in [0.1, 0.15) is 0 Å². The zero-order valence-electron chi connectivity index (χ0n) is 16.3. The Hall–Kier alpha value is -2.05. The maximum atomic E-state index is 12.0. The molecule has 7 nitrogen and oxygen atoms in total. The van der Waals surface area contributed by atoms with Crippen molar-refractivity contribution in [3.8, 4) is 0 Å². The summed E-state index contributed by atoms with van der Waals surface area (Å²) in [5.41, 5.74) is 1.26. The number of carbonyl (C=O) groups excluding carboxylic acids is 1. The number of rotatable bonds is 9. The van der Waals surface area contributed by atoms with Gasteiger partial charge in [-0.1, -0.05) is 6.42 Å². The Bertz CT molecular complexity index is 568. The number of aromatic nitrogens is 2. The number of nitrogens with one attached hydrogen (secondary N) is 2. The molecule has 0 atom stereocenters. The molecule has 1 aromatic rings. The van der Waals surface area contributed by atoms with Crippen molar-refractivity contribution < 1.29 is 4.79 Å². The van der Waals surface area contributed by atoms with Gasteiger partial charge >= 0.3 is 0 Å². The Morgan fingerprint density at radius 2 is 2.15 bits per heavy atom. The van der Waals surface area contributed by atoms with E-state index in [2.05, 4.69) is 33.8 Å². The molecular formula is C19H34N6O. The predicted molar refractivity (Wildman–Crippen MR) is 105 cm³/mol. The molecule has 0 bridgehead atoms. The molecule has 0 aromatic carbocycles. The van der Waals surface area contributed by atoms with Gasteiger partial charge in [0.05, 0.1) is 6.20 Å². The summed E-state index contributed by atoms with van der Waals surface area (Å²) < 4.78 is 1.84. The molecular weight excluding hydrogens is 328 g/mol. The Morgan fingerprint density at radius 1 is 1.27 bits per heavy atom. The van der Waals surface area contributed by atoms with E-state index in [1.165, 1.54) is 12.0 Å². The highest BCUT2D eigenvalue weighted by molar-refractivity contribution is 5.79. The summed E-state index contributed by atoms with van der Waals surface area (Å²) in [6.07, 6.45) is 11.0. The average molecular weight is 363 g/mol. The van der Waals surface area contributed by atoms with Crippen molar-refractivity contribution in [2.24, 2.45) is 12.0 Å². The second-order valence-corrected chi connectivity index (χ2v) is 6.86. The van der Waals surface area contributed by atoms with E-state index in [4.69, 9.17) is 0 Å². The zero-order chi connectivity index (χ0) is 18.6. The van der Waals surface area contributed by atoms with Crippen molar-refractivity contribution in [2.75, 3.05) is 32.7 Å². The van der Waals surface area contributed by atoms with Gasteiger partial charge in [-0.2, -0.15) is 5.10 Å². The van der Waals surface area contributed by atoms with E-state index in [1.807, 2.05) is 22.8 Å². The van der Waals surface area contributed by atoms with E-state index in [-0.39, 0.29) is 0 Å². The first kappa shape index (κ1) is 20.3. The summed E-state index contributed by atoms with van der Waals surface area (Å²) in [5.74, 6) is 1.17. The van der Waals surface area contributed by atoms with Crippen LogP contribution in [0.5, 0.6) is 0 Å². The Morgan fingerprint density at radius 3 is 2.92 bits per heavy atom. The van der Waals surface area contributed by atoms with Gasteiger partial charge in [-0.05, 0) is 44.6 Å². The predicted octanol–water partition coefficient (Wildman–Crippen LogP) is 1.70. The number of nitrogens with zero attached hydrogens (tertiary/aromatic N) is 4. The maximum absolute atomic E-state index is 12.0. The van der Waals surface area contributed by atoms with Crippen LogP contribution in [0, 0.1) is 0 Å². The van der Waals surface area contributed by atoms with Gasteiger partial charge < -0.3 is 15.5 Å². The molecule has 1 amide bonds. The minimum Gasteiger partial charge on any atom is -0.357 e. The van der Waals surface area contributed by atoms with Crippen LogP contribution in [0.3, 0.4) is 0 Å². The SMILES string of the molecule is CCNC(=NCCCN1CCCCCC1=O)NCCCc1cnn(C)c1. The average Bonchev–Trinajstić information content (AvgIpc) is 2.93. The molecule has 0 spiro atoms. The third-order valence-corrected chi connectivity index (χ3v) is 4.56. The van der Waals surface area contributed by atoms with E-state index in [0.717, 1.165) is 70.8 Å². The van der Waals surface area contributed by atoms with Gasteiger partial charge in [-0.3, -0.25) is 14.5 Å². The maximum Gasteiger partial charge on any atom is 0.222 e. The summed E-state index contributed by atoms with van der Waals surface area (Å²) in [5, 5.41) is 10.9. The lowest BCUT2D eigenvalue weighted by Gasteiger charge is -2.20. The van der Waals surface area contributed by atoms with Gasteiger partial charge in [0.25, 0.3) is 0 Å². The highest BCUT2D eigenvalue weighted by atomic mass is 16.2. The lowest BCUT2D eigenvalue weighted by atomic mass is 10.2. The lowest BCUT2D eigenvalue weighted by Crippen LogP contribution is -2.38. The summed E-state index contributed by atoms with van der Waals surface area (Å²) in [7, 11) is 1.94. The van der Waals surface area contributed by atoms with Crippen LogP contribution in [0.2, 0.25) is 0 Å². The van der Waals surface area contributed by atoms with Crippen LogP contribution in [0.25, 0.3) is 0 Å². The van der Waals surface area contributed by atoms with Crippen molar-refractivity contribution in [3.63, 3.8) is 0 Å².